The van der Waals surface area contributed by atoms with E-state index in [4.69, 9.17) is 4.74 Å². The van der Waals surface area contributed by atoms with Crippen molar-refractivity contribution in [3.8, 4) is 5.75 Å². The van der Waals surface area contributed by atoms with Crippen molar-refractivity contribution in [2.45, 2.75) is 51.6 Å². The molecule has 0 saturated carbocycles. The van der Waals surface area contributed by atoms with Crippen molar-refractivity contribution in [2.24, 2.45) is 23.7 Å². The highest BCUT2D eigenvalue weighted by Crippen LogP contribution is 2.52. The lowest BCUT2D eigenvalue weighted by atomic mass is 9.67. The molecule has 2 amide bonds. The molecule has 1 aromatic heterocycles. The summed E-state index contributed by atoms with van der Waals surface area (Å²) in [7, 11) is 0. The zero-order chi connectivity index (χ0) is 35.4. The summed E-state index contributed by atoms with van der Waals surface area (Å²) in [6, 6.07) is 10.1. The number of nitrogens with zero attached hydrogens (tertiary/aromatic N) is 2. The van der Waals surface area contributed by atoms with Crippen molar-refractivity contribution in [3.63, 3.8) is 0 Å². The molecule has 2 aromatic carbocycles. The fraction of sp³-hybridized carbons (Fsp3) is 0.361. The number of aromatic hydroxyl groups is 1. The molecule has 0 spiro atoms. The summed E-state index contributed by atoms with van der Waals surface area (Å²) in [5, 5.41) is 9.62. The molecule has 13 heteroatoms. The zero-order valence-electron chi connectivity index (χ0n) is 26.3. The first-order valence-corrected chi connectivity index (χ1v) is 15.7. The zero-order valence-corrected chi connectivity index (χ0v) is 26.3. The van der Waals surface area contributed by atoms with Crippen molar-refractivity contribution < 1.29 is 50.2 Å². The molecule has 258 valence electrons. The number of aromatic nitrogens is 1. The second kappa shape index (κ2) is 12.7. The normalized spacial score (nSPS) is 23.1. The number of anilines is 1. The monoisotopic (exact) mass is 688 g/mol. The van der Waals surface area contributed by atoms with Gasteiger partial charge >= 0.3 is 12.4 Å². The van der Waals surface area contributed by atoms with Gasteiger partial charge in [-0.25, -0.2) is 9.29 Å². The Balaban J connectivity index is 1.32. The van der Waals surface area contributed by atoms with Crippen LogP contribution in [0.2, 0.25) is 0 Å². The first kappa shape index (κ1) is 34.3. The van der Waals surface area contributed by atoms with Crippen LogP contribution in [0, 0.1) is 29.5 Å². The molecule has 3 aromatic rings. The molecule has 3 aliphatic rings. The summed E-state index contributed by atoms with van der Waals surface area (Å²) < 4.78 is 102. The Hall–Kier alpha value is -4.52. The van der Waals surface area contributed by atoms with Gasteiger partial charge in [-0.05, 0) is 90.4 Å². The number of hydrogen-bond donors (Lipinski definition) is 1. The van der Waals surface area contributed by atoms with Crippen LogP contribution in [0.3, 0.4) is 0 Å². The molecule has 1 N–H and O–H groups in total. The number of carbonyl (C=O) groups is 2. The van der Waals surface area contributed by atoms with Crippen LogP contribution < -0.4 is 4.90 Å². The van der Waals surface area contributed by atoms with Crippen LogP contribution in [0.1, 0.15) is 55.5 Å². The Kier molecular flexibility index (Phi) is 8.93. The number of fused-ring (bicyclic) bond motifs is 3. The Bertz CT molecular complexity index is 1820. The molecule has 4 atom stereocenters. The fourth-order valence-corrected chi connectivity index (χ4v) is 7.21. The van der Waals surface area contributed by atoms with Gasteiger partial charge in [0.25, 0.3) is 0 Å². The molecule has 6 nitrogen and oxygen atoms in total. The standard InChI is InChI=1S/C36H31F7N2O4/c1-18(2)24-16-25-32(34(48)45(33(25)47)23-14-21(35(38,39)40)13-22(15-23)36(41,42)43)26-17-49-30(31(24)26)9-7-20(28-5-3-4-10-44-28)11-19-6-8-29(46)27(37)12-19/h3-6,8,10-15,18,25-26,30,32,46H,7,9,16-17H2,1-2H3/b20-11-/t25-,26+,30-,32-/m1/s1. The molecule has 2 saturated heterocycles. The lowest BCUT2D eigenvalue weighted by molar-refractivity contribution is -0.143. The van der Waals surface area contributed by atoms with Crippen molar-refractivity contribution in [1.29, 1.82) is 0 Å². The van der Waals surface area contributed by atoms with Gasteiger partial charge in [-0.15, -0.1) is 0 Å². The van der Waals surface area contributed by atoms with Gasteiger partial charge in [0.05, 0.1) is 47.1 Å². The van der Waals surface area contributed by atoms with Gasteiger partial charge < -0.3 is 9.84 Å². The summed E-state index contributed by atoms with van der Waals surface area (Å²) in [5.74, 6) is -5.69. The quantitative estimate of drug-likeness (QED) is 0.153. The van der Waals surface area contributed by atoms with Crippen LogP contribution in [0.15, 0.2) is 71.9 Å². The molecule has 49 heavy (non-hydrogen) atoms. The molecule has 0 bridgehead atoms. The third-order valence-electron chi connectivity index (χ3n) is 9.45. The van der Waals surface area contributed by atoms with Gasteiger partial charge in [0.15, 0.2) is 11.6 Å². The number of rotatable bonds is 7. The lowest BCUT2D eigenvalue weighted by Gasteiger charge is -2.33. The summed E-state index contributed by atoms with van der Waals surface area (Å²) in [5.41, 5.74) is -0.486. The van der Waals surface area contributed by atoms with E-state index in [0.29, 0.717) is 41.1 Å². The minimum absolute atomic E-state index is 0.0342. The van der Waals surface area contributed by atoms with Gasteiger partial charge in [0.1, 0.15) is 0 Å². The number of alkyl halides is 6. The highest BCUT2D eigenvalue weighted by molar-refractivity contribution is 6.22. The number of benzene rings is 2. The summed E-state index contributed by atoms with van der Waals surface area (Å²) in [6.07, 6.45) is -6.56. The Morgan fingerprint density at radius 1 is 0.980 bits per heavy atom. The predicted molar refractivity (Wildman–Crippen MR) is 165 cm³/mol. The third-order valence-corrected chi connectivity index (χ3v) is 9.45. The van der Waals surface area contributed by atoms with Crippen LogP contribution in [-0.4, -0.2) is 34.6 Å². The van der Waals surface area contributed by atoms with E-state index in [-0.39, 0.29) is 25.0 Å². The minimum Gasteiger partial charge on any atom is -0.505 e. The van der Waals surface area contributed by atoms with Crippen LogP contribution in [0.25, 0.3) is 11.6 Å². The largest absolute Gasteiger partial charge is 0.505 e. The summed E-state index contributed by atoms with van der Waals surface area (Å²) in [6.45, 7) is 3.86. The molecule has 2 fully saturated rings. The van der Waals surface area contributed by atoms with Crippen molar-refractivity contribution in [1.82, 2.24) is 4.98 Å². The molecular weight excluding hydrogens is 657 g/mol. The van der Waals surface area contributed by atoms with E-state index in [2.05, 4.69) is 4.98 Å². The van der Waals surface area contributed by atoms with Crippen LogP contribution >= 0.6 is 0 Å². The lowest BCUT2D eigenvalue weighted by Crippen LogP contribution is -2.35. The maximum absolute atomic E-state index is 14.1. The topological polar surface area (TPSA) is 79.7 Å². The van der Waals surface area contributed by atoms with Gasteiger partial charge in [0, 0.05) is 12.1 Å². The number of amides is 2. The second-order valence-corrected chi connectivity index (χ2v) is 12.8. The van der Waals surface area contributed by atoms with E-state index >= 15 is 0 Å². The van der Waals surface area contributed by atoms with E-state index in [1.54, 1.807) is 36.5 Å². The van der Waals surface area contributed by atoms with Crippen molar-refractivity contribution in [3.05, 3.63) is 100 Å². The number of hydrogen-bond acceptors (Lipinski definition) is 5. The van der Waals surface area contributed by atoms with E-state index in [1.165, 1.54) is 12.1 Å². The first-order chi connectivity index (χ1) is 23.0. The van der Waals surface area contributed by atoms with E-state index in [9.17, 15) is 45.4 Å². The molecule has 2 aliphatic heterocycles. The van der Waals surface area contributed by atoms with Crippen molar-refractivity contribution >= 4 is 29.2 Å². The molecule has 1 aliphatic carbocycles. The van der Waals surface area contributed by atoms with E-state index in [0.717, 1.165) is 16.7 Å². The molecular formula is C36H31F7N2O4. The number of imide groups is 1. The maximum Gasteiger partial charge on any atom is 0.416 e. The number of phenols is 1. The summed E-state index contributed by atoms with van der Waals surface area (Å²) >= 11 is 0. The number of ether oxygens (including phenoxy) is 1. The third kappa shape index (κ3) is 6.60. The smallest absolute Gasteiger partial charge is 0.416 e. The van der Waals surface area contributed by atoms with Gasteiger partial charge in [0.2, 0.25) is 11.8 Å². The van der Waals surface area contributed by atoms with Crippen LogP contribution in [0.4, 0.5) is 36.4 Å². The number of allylic oxidation sites excluding steroid dienone is 2. The number of carbonyl (C=O) groups excluding carboxylic acids is 2. The molecule has 3 heterocycles. The molecule has 0 radical (unpaired) electrons. The predicted octanol–water partition coefficient (Wildman–Crippen LogP) is 8.46. The summed E-state index contributed by atoms with van der Waals surface area (Å²) in [4.78, 5) is 32.5. The second-order valence-electron chi connectivity index (χ2n) is 12.8. The fourth-order valence-electron chi connectivity index (χ4n) is 7.21. The Morgan fingerprint density at radius 3 is 2.27 bits per heavy atom. The average molecular weight is 689 g/mol. The SMILES string of the molecule is CC(C)C1=C2[C@@H](CC/C(=C/c3ccc(O)c(F)c3)c3ccccn3)OC[C@@H]2[C@@H]2C(=O)N(c3cc(C(F)(F)F)cc(C(F)(F)F)c3)C(=O)[C@@H]2C1. The number of pyridine rings is 1. The van der Waals surface area contributed by atoms with Crippen LogP contribution in [0.5, 0.6) is 5.75 Å². The van der Waals surface area contributed by atoms with Crippen LogP contribution in [-0.2, 0) is 26.7 Å². The Labute approximate surface area is 276 Å². The molecule has 0 unspecified atom stereocenters. The number of halogens is 7. The minimum atomic E-state index is -5.15. The Morgan fingerprint density at radius 2 is 1.67 bits per heavy atom. The van der Waals surface area contributed by atoms with Gasteiger partial charge in [-0.3, -0.25) is 14.6 Å². The van der Waals surface area contributed by atoms with Gasteiger partial charge in [-0.1, -0.05) is 31.6 Å². The molecule has 6 rings (SSSR count). The van der Waals surface area contributed by atoms with Crippen molar-refractivity contribution in [2.75, 3.05) is 11.5 Å². The van der Waals surface area contributed by atoms with E-state index in [1.807, 2.05) is 13.8 Å². The average Bonchev–Trinajstić information content (AvgIpc) is 3.57. The highest BCUT2D eigenvalue weighted by Gasteiger charge is 2.58. The highest BCUT2D eigenvalue weighted by atomic mass is 19.4. The van der Waals surface area contributed by atoms with Gasteiger partial charge in [-0.2, -0.15) is 26.3 Å². The van der Waals surface area contributed by atoms with E-state index < -0.39 is 76.4 Å². The maximum atomic E-state index is 14.1. The number of phenolic OH excluding ortho intramolecular Hbond substituents is 1. The first-order valence-electron chi connectivity index (χ1n) is 15.7.